The van der Waals surface area contributed by atoms with Crippen LogP contribution in [0.3, 0.4) is 0 Å². The Morgan fingerprint density at radius 3 is 1.37 bits per heavy atom. The van der Waals surface area contributed by atoms with E-state index >= 15 is 0 Å². The largest absolute Gasteiger partial charge is 0.508 e. The van der Waals surface area contributed by atoms with E-state index < -0.39 is 5.92 Å². The number of phenols is 4. The van der Waals surface area contributed by atoms with Crippen molar-refractivity contribution in [2.75, 3.05) is 0 Å². The van der Waals surface area contributed by atoms with Crippen LogP contribution in [0.1, 0.15) is 44.9 Å². The van der Waals surface area contributed by atoms with Gasteiger partial charge >= 0.3 is 0 Å². The first-order valence-corrected chi connectivity index (χ1v) is 14.4. The second kappa shape index (κ2) is 10.9. The molecule has 0 aromatic heterocycles. The molecule has 0 unspecified atom stereocenters. The van der Waals surface area contributed by atoms with Gasteiger partial charge in [-0.3, -0.25) is 0 Å². The van der Waals surface area contributed by atoms with Gasteiger partial charge in [0.25, 0.3) is 0 Å². The number of fused-ring (bicyclic) bond motifs is 1. The van der Waals surface area contributed by atoms with E-state index in [-0.39, 0.29) is 23.0 Å². The lowest BCUT2D eigenvalue weighted by atomic mass is 9.80. The zero-order chi connectivity index (χ0) is 30.4. The number of hydrogen-bond donors (Lipinski definition) is 4. The third-order valence-corrected chi connectivity index (χ3v) is 8.45. The van der Waals surface area contributed by atoms with Gasteiger partial charge in [0, 0.05) is 17.0 Å². The van der Waals surface area contributed by atoms with Gasteiger partial charge in [0.05, 0.1) is 0 Å². The van der Waals surface area contributed by atoms with Crippen LogP contribution in [0.2, 0.25) is 0 Å². The van der Waals surface area contributed by atoms with Crippen molar-refractivity contribution in [3.8, 4) is 45.3 Å². The molecule has 214 valence electrons. The molecule has 6 rings (SSSR count). The predicted octanol–water partition coefficient (Wildman–Crippen LogP) is 9.41. The van der Waals surface area contributed by atoms with Crippen LogP contribution in [0.5, 0.6) is 23.0 Å². The highest BCUT2D eigenvalue weighted by atomic mass is 16.3. The lowest BCUT2D eigenvalue weighted by Crippen LogP contribution is -2.07. The van der Waals surface area contributed by atoms with Gasteiger partial charge < -0.3 is 20.4 Å². The fourth-order valence-electron chi connectivity index (χ4n) is 5.97. The second-order valence-electron chi connectivity index (χ2n) is 11.5. The van der Waals surface area contributed by atoms with E-state index in [1.807, 2.05) is 88.4 Å². The van der Waals surface area contributed by atoms with Gasteiger partial charge in [0.2, 0.25) is 0 Å². The summed E-state index contributed by atoms with van der Waals surface area (Å²) >= 11 is 0. The maximum absolute atomic E-state index is 11.6. The van der Waals surface area contributed by atoms with E-state index in [1.165, 1.54) is 0 Å². The standard InChI is InChI=1S/C39H34O4/c1-22-15-28(11-13-35(22)40)31-17-24(3)38(42)33(20-31)37(30-10-9-26-7-5-6-8-27(26)19-30)34-21-32(18-25(4)39(34)43)29-12-14-36(41)23(2)16-29/h5-21,37,40-43H,1-4H3. The Hall–Kier alpha value is -5.22. The average molecular weight is 567 g/mol. The molecule has 6 aromatic rings. The summed E-state index contributed by atoms with van der Waals surface area (Å²) < 4.78 is 0. The highest BCUT2D eigenvalue weighted by Gasteiger charge is 2.27. The molecule has 0 radical (unpaired) electrons. The summed E-state index contributed by atoms with van der Waals surface area (Å²) in [6.07, 6.45) is 0. The van der Waals surface area contributed by atoms with Gasteiger partial charge in [-0.05, 0) is 137 Å². The smallest absolute Gasteiger partial charge is 0.122 e. The van der Waals surface area contributed by atoms with Crippen LogP contribution in [0.15, 0.2) is 103 Å². The Labute approximate surface area is 251 Å². The molecule has 0 bridgehead atoms. The van der Waals surface area contributed by atoms with Crippen LogP contribution in [0.25, 0.3) is 33.0 Å². The molecular formula is C39H34O4. The second-order valence-corrected chi connectivity index (χ2v) is 11.5. The number of benzene rings is 6. The predicted molar refractivity (Wildman–Crippen MR) is 174 cm³/mol. The van der Waals surface area contributed by atoms with Crippen LogP contribution in [0, 0.1) is 27.7 Å². The van der Waals surface area contributed by atoms with Gasteiger partial charge in [-0.1, -0.05) is 54.6 Å². The summed E-state index contributed by atoms with van der Waals surface area (Å²) in [5.74, 6) is 0.296. The van der Waals surface area contributed by atoms with E-state index in [0.29, 0.717) is 22.3 Å². The van der Waals surface area contributed by atoms with Crippen LogP contribution in [0.4, 0.5) is 0 Å². The van der Waals surface area contributed by atoms with Crippen molar-refractivity contribution in [3.63, 3.8) is 0 Å². The molecule has 0 fully saturated rings. The molecule has 4 N–H and O–H groups in total. The molecule has 0 aliphatic carbocycles. The number of hydrogen-bond acceptors (Lipinski definition) is 4. The molecule has 0 saturated carbocycles. The van der Waals surface area contributed by atoms with Crippen molar-refractivity contribution in [3.05, 3.63) is 142 Å². The fourth-order valence-corrected chi connectivity index (χ4v) is 5.97. The van der Waals surface area contributed by atoms with Crippen molar-refractivity contribution in [1.82, 2.24) is 0 Å². The molecule has 4 heteroatoms. The summed E-state index contributed by atoms with van der Waals surface area (Å²) in [4.78, 5) is 0. The first kappa shape index (κ1) is 27.9. The molecule has 4 nitrogen and oxygen atoms in total. The van der Waals surface area contributed by atoms with E-state index in [2.05, 4.69) is 30.3 Å². The average Bonchev–Trinajstić information content (AvgIpc) is 3.00. The molecule has 43 heavy (non-hydrogen) atoms. The SMILES string of the molecule is Cc1cc(-c2cc(C)c(O)c(C(c3ccc4ccccc4c3)c3cc(-c4ccc(O)c(C)c4)cc(C)c3O)c2)ccc1O. The first-order chi connectivity index (χ1) is 20.6. The lowest BCUT2D eigenvalue weighted by Gasteiger charge is -2.25. The minimum absolute atomic E-state index is 0.167. The topological polar surface area (TPSA) is 80.9 Å². The van der Waals surface area contributed by atoms with Gasteiger partial charge in [0.15, 0.2) is 0 Å². The molecule has 0 amide bonds. The van der Waals surface area contributed by atoms with Crippen LogP contribution < -0.4 is 0 Å². The summed E-state index contributed by atoms with van der Waals surface area (Å²) in [6.45, 7) is 7.49. The Morgan fingerprint density at radius 1 is 0.419 bits per heavy atom. The van der Waals surface area contributed by atoms with E-state index in [0.717, 1.165) is 49.7 Å². The first-order valence-electron chi connectivity index (χ1n) is 14.4. The highest BCUT2D eigenvalue weighted by Crippen LogP contribution is 2.46. The Kier molecular flexibility index (Phi) is 7.07. The fraction of sp³-hybridized carbons (Fsp3) is 0.128. The Bertz CT molecular complexity index is 1910. The van der Waals surface area contributed by atoms with Crippen LogP contribution in [-0.4, -0.2) is 20.4 Å². The maximum Gasteiger partial charge on any atom is 0.122 e. The Balaban J connectivity index is 1.64. The molecule has 0 saturated heterocycles. The molecule has 6 aromatic carbocycles. The van der Waals surface area contributed by atoms with E-state index in [1.54, 1.807) is 12.1 Å². The van der Waals surface area contributed by atoms with Crippen molar-refractivity contribution in [2.24, 2.45) is 0 Å². The van der Waals surface area contributed by atoms with E-state index in [9.17, 15) is 20.4 Å². The van der Waals surface area contributed by atoms with Crippen molar-refractivity contribution >= 4 is 10.8 Å². The van der Waals surface area contributed by atoms with Gasteiger partial charge in [-0.2, -0.15) is 0 Å². The minimum Gasteiger partial charge on any atom is -0.508 e. The van der Waals surface area contributed by atoms with Crippen molar-refractivity contribution < 1.29 is 20.4 Å². The quantitative estimate of drug-likeness (QED) is 0.157. The zero-order valence-corrected chi connectivity index (χ0v) is 24.7. The summed E-state index contributed by atoms with van der Waals surface area (Å²) in [5, 5.41) is 45.7. The van der Waals surface area contributed by atoms with Gasteiger partial charge in [-0.25, -0.2) is 0 Å². The summed E-state index contributed by atoms with van der Waals surface area (Å²) in [6, 6.07) is 33.3. The maximum atomic E-state index is 11.6. The molecular weight excluding hydrogens is 532 g/mol. The molecule has 0 aliphatic heterocycles. The minimum atomic E-state index is -0.502. The lowest BCUT2D eigenvalue weighted by molar-refractivity contribution is 0.454. The molecule has 0 atom stereocenters. The third-order valence-electron chi connectivity index (χ3n) is 8.45. The Morgan fingerprint density at radius 2 is 0.884 bits per heavy atom. The molecule has 0 spiro atoms. The number of aryl methyl sites for hydroxylation is 4. The monoisotopic (exact) mass is 566 g/mol. The van der Waals surface area contributed by atoms with Gasteiger partial charge in [-0.15, -0.1) is 0 Å². The van der Waals surface area contributed by atoms with Crippen LogP contribution in [-0.2, 0) is 0 Å². The number of rotatable bonds is 5. The number of aromatic hydroxyl groups is 4. The number of phenolic OH excluding ortho intramolecular Hbond substituents is 4. The highest BCUT2D eigenvalue weighted by molar-refractivity contribution is 5.84. The van der Waals surface area contributed by atoms with Gasteiger partial charge in [0.1, 0.15) is 23.0 Å². The molecule has 0 heterocycles. The van der Waals surface area contributed by atoms with Crippen LogP contribution >= 0.6 is 0 Å². The van der Waals surface area contributed by atoms with E-state index in [4.69, 9.17) is 0 Å². The third kappa shape index (κ3) is 5.17. The van der Waals surface area contributed by atoms with Crippen molar-refractivity contribution in [1.29, 1.82) is 0 Å². The zero-order valence-electron chi connectivity index (χ0n) is 24.7. The normalized spacial score (nSPS) is 11.4. The summed E-state index contributed by atoms with van der Waals surface area (Å²) in [5.41, 5.74) is 8.88. The van der Waals surface area contributed by atoms with Crippen molar-refractivity contribution in [2.45, 2.75) is 33.6 Å². The summed E-state index contributed by atoms with van der Waals surface area (Å²) in [7, 11) is 0. The molecule has 0 aliphatic rings.